The number of aryl methyl sites for hydroxylation is 1. The molecule has 0 amide bonds. The molecule has 2 rings (SSSR count). The molecule has 0 bridgehead atoms. The highest BCUT2D eigenvalue weighted by Crippen LogP contribution is 2.19. The molecule has 0 aliphatic heterocycles. The molecule has 0 heterocycles. The summed E-state index contributed by atoms with van der Waals surface area (Å²) in [5.74, 6) is 0.882. The van der Waals surface area contributed by atoms with Crippen molar-refractivity contribution in [3.63, 3.8) is 0 Å². The zero-order valence-corrected chi connectivity index (χ0v) is 12.7. The van der Waals surface area contributed by atoms with Crippen LogP contribution in [0.1, 0.15) is 30.9 Å². The zero-order valence-electron chi connectivity index (χ0n) is 12.7. The Balaban J connectivity index is 2.05. The van der Waals surface area contributed by atoms with Crippen molar-refractivity contribution in [2.45, 2.75) is 26.7 Å². The summed E-state index contributed by atoms with van der Waals surface area (Å²) in [4.78, 5) is 0. The molecule has 3 heteroatoms. The van der Waals surface area contributed by atoms with Crippen molar-refractivity contribution in [2.75, 3.05) is 12.0 Å². The number of hydrazone groups is 1. The van der Waals surface area contributed by atoms with Crippen LogP contribution in [0.2, 0.25) is 0 Å². The van der Waals surface area contributed by atoms with Gasteiger partial charge in [0.15, 0.2) is 0 Å². The monoisotopic (exact) mass is 282 g/mol. The molecule has 3 nitrogen and oxygen atoms in total. The van der Waals surface area contributed by atoms with Crippen LogP contribution in [0.15, 0.2) is 53.6 Å². The molecule has 0 saturated carbocycles. The number of rotatable bonds is 7. The fourth-order valence-electron chi connectivity index (χ4n) is 1.92. The second-order valence-electron chi connectivity index (χ2n) is 4.98. The van der Waals surface area contributed by atoms with E-state index < -0.39 is 0 Å². The molecule has 0 fully saturated rings. The van der Waals surface area contributed by atoms with Gasteiger partial charge in [-0.25, -0.2) is 0 Å². The van der Waals surface area contributed by atoms with Gasteiger partial charge in [0.25, 0.3) is 0 Å². The van der Waals surface area contributed by atoms with Crippen molar-refractivity contribution >= 4 is 11.9 Å². The molecule has 2 aromatic carbocycles. The van der Waals surface area contributed by atoms with Crippen LogP contribution in [0.25, 0.3) is 0 Å². The Kier molecular flexibility index (Phi) is 5.83. The first-order valence-electron chi connectivity index (χ1n) is 7.37. The lowest BCUT2D eigenvalue weighted by molar-refractivity contribution is 0.309. The second kappa shape index (κ2) is 8.10. The smallest absolute Gasteiger partial charge is 0.128 e. The van der Waals surface area contributed by atoms with Crippen molar-refractivity contribution in [3.05, 3.63) is 59.7 Å². The molecule has 110 valence electrons. The number of para-hydroxylation sites is 1. The summed E-state index contributed by atoms with van der Waals surface area (Å²) >= 11 is 0. The Morgan fingerprint density at radius 3 is 2.71 bits per heavy atom. The van der Waals surface area contributed by atoms with Crippen LogP contribution < -0.4 is 10.2 Å². The Hall–Kier alpha value is -2.29. The normalized spacial score (nSPS) is 10.8. The van der Waals surface area contributed by atoms with E-state index in [-0.39, 0.29) is 0 Å². The first-order chi connectivity index (χ1) is 10.3. The van der Waals surface area contributed by atoms with Gasteiger partial charge < -0.3 is 4.74 Å². The van der Waals surface area contributed by atoms with E-state index in [4.69, 9.17) is 4.74 Å². The molecule has 0 radical (unpaired) electrons. The van der Waals surface area contributed by atoms with E-state index in [0.717, 1.165) is 36.4 Å². The molecule has 0 unspecified atom stereocenters. The summed E-state index contributed by atoms with van der Waals surface area (Å²) in [5.41, 5.74) is 6.18. The molecule has 21 heavy (non-hydrogen) atoms. The highest BCUT2D eigenvalue weighted by Gasteiger charge is 2.02. The second-order valence-corrected chi connectivity index (χ2v) is 4.98. The van der Waals surface area contributed by atoms with Crippen molar-refractivity contribution < 1.29 is 4.74 Å². The van der Waals surface area contributed by atoms with Gasteiger partial charge in [0.1, 0.15) is 5.75 Å². The number of hydrogen-bond acceptors (Lipinski definition) is 3. The van der Waals surface area contributed by atoms with Crippen molar-refractivity contribution in [3.8, 4) is 5.75 Å². The lowest BCUT2D eigenvalue weighted by Gasteiger charge is -2.09. The Morgan fingerprint density at radius 1 is 1.14 bits per heavy atom. The molecule has 1 N–H and O–H groups in total. The summed E-state index contributed by atoms with van der Waals surface area (Å²) in [6.07, 6.45) is 4.00. The third-order valence-corrected chi connectivity index (χ3v) is 3.09. The number of nitrogens with one attached hydrogen (secondary N) is 1. The predicted molar refractivity (Wildman–Crippen MR) is 89.2 cm³/mol. The molecule has 0 atom stereocenters. The third-order valence-electron chi connectivity index (χ3n) is 3.09. The lowest BCUT2D eigenvalue weighted by Crippen LogP contribution is -2.00. The van der Waals surface area contributed by atoms with Crippen LogP contribution >= 0.6 is 0 Å². The maximum atomic E-state index is 5.82. The van der Waals surface area contributed by atoms with Crippen molar-refractivity contribution in [1.82, 2.24) is 0 Å². The van der Waals surface area contributed by atoms with Gasteiger partial charge in [-0.05, 0) is 37.6 Å². The summed E-state index contributed by atoms with van der Waals surface area (Å²) in [6.45, 7) is 4.97. The highest BCUT2D eigenvalue weighted by molar-refractivity contribution is 5.84. The quantitative estimate of drug-likeness (QED) is 0.456. The number of unbranched alkanes of at least 4 members (excludes halogenated alkanes) is 1. The fourth-order valence-corrected chi connectivity index (χ4v) is 1.92. The van der Waals surface area contributed by atoms with E-state index in [9.17, 15) is 0 Å². The Bertz CT molecular complexity index is 579. The minimum absolute atomic E-state index is 0.743. The summed E-state index contributed by atoms with van der Waals surface area (Å²) in [6, 6.07) is 16.0. The average molecular weight is 282 g/mol. The van der Waals surface area contributed by atoms with Gasteiger partial charge in [0.05, 0.1) is 18.5 Å². The van der Waals surface area contributed by atoms with E-state index in [1.54, 1.807) is 6.21 Å². The van der Waals surface area contributed by atoms with E-state index in [1.165, 1.54) is 5.56 Å². The van der Waals surface area contributed by atoms with Crippen LogP contribution in [0, 0.1) is 6.92 Å². The van der Waals surface area contributed by atoms with Crippen LogP contribution in [0.4, 0.5) is 5.69 Å². The van der Waals surface area contributed by atoms with E-state index in [1.807, 2.05) is 36.4 Å². The molecular formula is C18H22N2O. The van der Waals surface area contributed by atoms with Crippen LogP contribution in [-0.2, 0) is 0 Å². The largest absolute Gasteiger partial charge is 0.493 e. The third kappa shape index (κ3) is 4.95. The SMILES string of the molecule is CCCCOc1ccc(C)cc1C=NNc1ccccc1. The van der Waals surface area contributed by atoms with Gasteiger partial charge in [-0.2, -0.15) is 5.10 Å². The summed E-state index contributed by atoms with van der Waals surface area (Å²) < 4.78 is 5.82. The number of nitrogens with zero attached hydrogens (tertiary/aromatic N) is 1. The highest BCUT2D eigenvalue weighted by atomic mass is 16.5. The topological polar surface area (TPSA) is 33.6 Å². The minimum Gasteiger partial charge on any atom is -0.493 e. The number of anilines is 1. The van der Waals surface area contributed by atoms with Gasteiger partial charge in [-0.3, -0.25) is 5.43 Å². The molecule has 0 spiro atoms. The first-order valence-corrected chi connectivity index (χ1v) is 7.37. The van der Waals surface area contributed by atoms with E-state index in [0.29, 0.717) is 0 Å². The molecule has 0 saturated heterocycles. The number of hydrogen-bond donors (Lipinski definition) is 1. The first kappa shape index (κ1) is 15.1. The summed E-state index contributed by atoms with van der Waals surface area (Å²) in [7, 11) is 0. The van der Waals surface area contributed by atoms with E-state index in [2.05, 4.69) is 36.5 Å². The molecular weight excluding hydrogens is 260 g/mol. The average Bonchev–Trinajstić information content (AvgIpc) is 2.51. The standard InChI is InChI=1S/C18H22N2O/c1-3-4-12-21-18-11-10-15(2)13-16(18)14-19-20-17-8-6-5-7-9-17/h5-11,13-14,20H,3-4,12H2,1-2H3. The van der Waals surface area contributed by atoms with E-state index >= 15 is 0 Å². The Labute approximate surface area is 126 Å². The maximum Gasteiger partial charge on any atom is 0.128 e. The lowest BCUT2D eigenvalue weighted by atomic mass is 10.1. The Morgan fingerprint density at radius 2 is 1.95 bits per heavy atom. The van der Waals surface area contributed by atoms with Gasteiger partial charge >= 0.3 is 0 Å². The zero-order chi connectivity index (χ0) is 14.9. The van der Waals surface area contributed by atoms with Gasteiger partial charge in [-0.1, -0.05) is 43.2 Å². The minimum atomic E-state index is 0.743. The molecule has 0 aliphatic rings. The van der Waals surface area contributed by atoms with Crippen molar-refractivity contribution in [2.24, 2.45) is 5.10 Å². The van der Waals surface area contributed by atoms with Crippen LogP contribution in [-0.4, -0.2) is 12.8 Å². The maximum absolute atomic E-state index is 5.82. The number of ether oxygens (including phenoxy) is 1. The van der Waals surface area contributed by atoms with Gasteiger partial charge in [-0.15, -0.1) is 0 Å². The van der Waals surface area contributed by atoms with Gasteiger partial charge in [0, 0.05) is 5.56 Å². The van der Waals surface area contributed by atoms with Gasteiger partial charge in [0.2, 0.25) is 0 Å². The van der Waals surface area contributed by atoms with Crippen LogP contribution in [0.3, 0.4) is 0 Å². The fraction of sp³-hybridized carbons (Fsp3) is 0.278. The van der Waals surface area contributed by atoms with Crippen LogP contribution in [0.5, 0.6) is 5.75 Å². The molecule has 0 aliphatic carbocycles. The summed E-state index contributed by atoms with van der Waals surface area (Å²) in [5, 5.41) is 4.29. The number of benzene rings is 2. The molecule has 0 aromatic heterocycles. The predicted octanol–water partition coefficient (Wildman–Crippen LogP) is 4.62. The molecule has 2 aromatic rings. The van der Waals surface area contributed by atoms with Crippen molar-refractivity contribution in [1.29, 1.82) is 0 Å².